The highest BCUT2D eigenvalue weighted by Crippen LogP contribution is 2.66. The first kappa shape index (κ1) is 20.7. The lowest BCUT2D eigenvalue weighted by atomic mass is 9.45. The predicted octanol–water partition coefficient (Wildman–Crippen LogP) is 4.92. The fraction of sp³-hybridized carbons (Fsp3) is 0.556. The Bertz CT molecular complexity index is 1080. The molecule has 2 saturated carbocycles. The number of aliphatic hydroxyl groups excluding tert-OH is 2. The molecule has 0 saturated heterocycles. The maximum absolute atomic E-state index is 13.0. The highest BCUT2D eigenvalue weighted by atomic mass is 16.3. The Morgan fingerprint density at radius 2 is 1.77 bits per heavy atom. The molecule has 0 spiro atoms. The van der Waals surface area contributed by atoms with Crippen LogP contribution < -0.4 is 0 Å². The number of hydrogen-bond acceptors (Lipinski definition) is 4. The molecule has 0 aromatic rings. The summed E-state index contributed by atoms with van der Waals surface area (Å²) in [5.41, 5.74) is 6.10. The Hall–Kier alpha value is -2.20. The summed E-state index contributed by atoms with van der Waals surface area (Å²) in [5.74, 6) is -0.318. The van der Waals surface area contributed by atoms with E-state index in [1.165, 1.54) is 16.7 Å². The van der Waals surface area contributed by atoms with E-state index >= 15 is 0 Å². The second-order valence-corrected chi connectivity index (χ2v) is 10.9. The molecule has 2 fully saturated rings. The van der Waals surface area contributed by atoms with Crippen molar-refractivity contribution in [2.45, 2.75) is 66.4 Å². The van der Waals surface area contributed by atoms with Gasteiger partial charge in [-0.05, 0) is 85.2 Å². The summed E-state index contributed by atoms with van der Waals surface area (Å²) in [5, 5.41) is 20.6. The Balaban J connectivity index is 1.68. The normalized spacial score (nSPS) is 42.2. The Kier molecular flexibility index (Phi) is 4.28. The molecule has 1 unspecified atom stereocenters. The minimum atomic E-state index is -0.840. The predicted molar refractivity (Wildman–Crippen MR) is 119 cm³/mol. The molecule has 0 bridgehead atoms. The first-order valence-corrected chi connectivity index (χ1v) is 11.5. The van der Waals surface area contributed by atoms with E-state index in [9.17, 15) is 19.8 Å². The maximum Gasteiger partial charge on any atom is 0.220 e. The largest absolute Gasteiger partial charge is 0.504 e. The van der Waals surface area contributed by atoms with Gasteiger partial charge in [-0.3, -0.25) is 9.59 Å². The SMILES string of the molecule is CC1=C2C3=CC=C4C(=CC(=O)C(O)=C4C)[C@]3(C)CC[C@@]2(C)[C@@H]2C[C@@H](C)[C@@H](O)C(=O)C2C1. The topological polar surface area (TPSA) is 74.6 Å². The second kappa shape index (κ2) is 6.41. The van der Waals surface area contributed by atoms with Crippen LogP contribution in [0.4, 0.5) is 0 Å². The highest BCUT2D eigenvalue weighted by molar-refractivity contribution is 6.06. The van der Waals surface area contributed by atoms with Gasteiger partial charge in [0.1, 0.15) is 6.10 Å². The smallest absolute Gasteiger partial charge is 0.220 e. The number of ketones is 2. The second-order valence-electron chi connectivity index (χ2n) is 10.9. The molecule has 4 heteroatoms. The van der Waals surface area contributed by atoms with Crippen LogP contribution in [-0.4, -0.2) is 27.9 Å². The minimum Gasteiger partial charge on any atom is -0.504 e. The molecule has 5 aliphatic rings. The van der Waals surface area contributed by atoms with Crippen molar-refractivity contribution in [2.24, 2.45) is 28.6 Å². The third kappa shape index (κ3) is 2.51. The van der Waals surface area contributed by atoms with Crippen LogP contribution in [0.3, 0.4) is 0 Å². The van der Waals surface area contributed by atoms with Gasteiger partial charge in [0, 0.05) is 16.9 Å². The Morgan fingerprint density at radius 3 is 2.48 bits per heavy atom. The zero-order chi connectivity index (χ0) is 22.5. The Morgan fingerprint density at radius 1 is 1.06 bits per heavy atom. The zero-order valence-electron chi connectivity index (χ0n) is 19.1. The van der Waals surface area contributed by atoms with Gasteiger partial charge in [0.15, 0.2) is 11.5 Å². The standard InChI is InChI=1S/C27H32O4/c1-13-10-17-19(11-14(2)23(29)25(17)31)27(5)9-8-26(4)18(22(13)27)7-6-16-15(3)24(30)21(28)12-20(16)26/h6-7,12,14,17,19,23,29-30H,8-11H2,1-5H3/t14-,17?,19-,23-,26-,27+/m1/s1. The molecule has 31 heavy (non-hydrogen) atoms. The number of rotatable bonds is 0. The van der Waals surface area contributed by atoms with E-state index in [0.29, 0.717) is 12.0 Å². The molecule has 5 rings (SSSR count). The van der Waals surface area contributed by atoms with E-state index < -0.39 is 6.10 Å². The van der Waals surface area contributed by atoms with Crippen LogP contribution in [-0.2, 0) is 9.59 Å². The first-order chi connectivity index (χ1) is 14.5. The highest BCUT2D eigenvalue weighted by Gasteiger charge is 2.58. The van der Waals surface area contributed by atoms with Crippen LogP contribution in [0.2, 0.25) is 0 Å². The van der Waals surface area contributed by atoms with E-state index in [2.05, 4.69) is 32.9 Å². The van der Waals surface area contributed by atoms with Crippen molar-refractivity contribution in [3.63, 3.8) is 0 Å². The molecule has 0 amide bonds. The van der Waals surface area contributed by atoms with Gasteiger partial charge in [-0.15, -0.1) is 0 Å². The van der Waals surface area contributed by atoms with Crippen molar-refractivity contribution in [3.05, 3.63) is 57.4 Å². The monoisotopic (exact) mass is 420 g/mol. The molecule has 4 nitrogen and oxygen atoms in total. The summed E-state index contributed by atoms with van der Waals surface area (Å²) >= 11 is 0. The molecule has 0 aromatic heterocycles. The molecule has 6 atom stereocenters. The fourth-order valence-electron chi connectivity index (χ4n) is 7.39. The number of allylic oxidation sites excluding steroid dienone is 9. The lowest BCUT2D eigenvalue weighted by Gasteiger charge is -2.58. The molecule has 0 aliphatic heterocycles. The molecule has 0 radical (unpaired) electrons. The number of fused-ring (bicyclic) bond motifs is 7. The van der Waals surface area contributed by atoms with Gasteiger partial charge in [0.05, 0.1) is 0 Å². The third-order valence-electron chi connectivity index (χ3n) is 9.23. The first-order valence-electron chi connectivity index (χ1n) is 11.5. The molecule has 164 valence electrons. The number of Topliss-reactive ketones (excluding diaryl/α,β-unsaturated/α-hetero) is 1. The molecular formula is C27H32O4. The van der Waals surface area contributed by atoms with Gasteiger partial charge in [0.2, 0.25) is 5.78 Å². The molecule has 5 aliphatic carbocycles. The van der Waals surface area contributed by atoms with Crippen LogP contribution in [0, 0.1) is 28.6 Å². The lowest BCUT2D eigenvalue weighted by Crippen LogP contribution is -2.54. The van der Waals surface area contributed by atoms with Crippen LogP contribution in [0.25, 0.3) is 0 Å². The van der Waals surface area contributed by atoms with Crippen molar-refractivity contribution in [2.75, 3.05) is 0 Å². The summed E-state index contributed by atoms with van der Waals surface area (Å²) in [7, 11) is 0. The number of carbonyl (C=O) groups excluding carboxylic acids is 2. The van der Waals surface area contributed by atoms with Crippen LogP contribution >= 0.6 is 0 Å². The van der Waals surface area contributed by atoms with E-state index in [-0.39, 0.29) is 45.9 Å². The van der Waals surface area contributed by atoms with E-state index in [0.717, 1.165) is 30.4 Å². The fourth-order valence-corrected chi connectivity index (χ4v) is 7.39. The van der Waals surface area contributed by atoms with Gasteiger partial charge >= 0.3 is 0 Å². The van der Waals surface area contributed by atoms with Crippen molar-refractivity contribution in [1.82, 2.24) is 0 Å². The molecule has 0 aromatic carbocycles. The summed E-state index contributed by atoms with van der Waals surface area (Å²) < 4.78 is 0. The average Bonchev–Trinajstić information content (AvgIpc) is 2.72. The van der Waals surface area contributed by atoms with Crippen LogP contribution in [0.5, 0.6) is 0 Å². The van der Waals surface area contributed by atoms with Gasteiger partial charge in [-0.2, -0.15) is 0 Å². The van der Waals surface area contributed by atoms with Crippen molar-refractivity contribution >= 4 is 11.6 Å². The van der Waals surface area contributed by atoms with Crippen LogP contribution in [0.1, 0.15) is 60.3 Å². The summed E-state index contributed by atoms with van der Waals surface area (Å²) in [6, 6.07) is 0. The lowest BCUT2D eigenvalue weighted by molar-refractivity contribution is -0.145. The summed E-state index contributed by atoms with van der Waals surface area (Å²) in [6.07, 6.45) is 8.45. The van der Waals surface area contributed by atoms with Gasteiger partial charge in [-0.25, -0.2) is 0 Å². The van der Waals surface area contributed by atoms with Gasteiger partial charge < -0.3 is 10.2 Å². The Labute approximate surface area is 184 Å². The van der Waals surface area contributed by atoms with Gasteiger partial charge in [-0.1, -0.05) is 38.5 Å². The number of hydrogen-bond donors (Lipinski definition) is 2. The molecule has 2 N–H and O–H groups in total. The van der Waals surface area contributed by atoms with E-state index in [1.54, 1.807) is 6.08 Å². The average molecular weight is 421 g/mol. The van der Waals surface area contributed by atoms with Crippen molar-refractivity contribution in [1.29, 1.82) is 0 Å². The van der Waals surface area contributed by atoms with Crippen molar-refractivity contribution in [3.8, 4) is 0 Å². The molecule has 0 heterocycles. The van der Waals surface area contributed by atoms with Crippen molar-refractivity contribution < 1.29 is 19.8 Å². The van der Waals surface area contributed by atoms with E-state index in [4.69, 9.17) is 0 Å². The quantitative estimate of drug-likeness (QED) is 0.583. The molecular weight excluding hydrogens is 388 g/mol. The maximum atomic E-state index is 13.0. The van der Waals surface area contributed by atoms with Gasteiger partial charge in [0.25, 0.3) is 0 Å². The number of aliphatic hydroxyl groups is 2. The minimum absolute atomic E-state index is 0.0141. The number of carbonyl (C=O) groups is 2. The van der Waals surface area contributed by atoms with Crippen LogP contribution in [0.15, 0.2) is 57.4 Å². The van der Waals surface area contributed by atoms with E-state index in [1.807, 2.05) is 13.8 Å². The summed E-state index contributed by atoms with van der Waals surface area (Å²) in [6.45, 7) is 10.5. The zero-order valence-corrected chi connectivity index (χ0v) is 19.1. The summed E-state index contributed by atoms with van der Waals surface area (Å²) in [4.78, 5) is 25.5. The third-order valence-corrected chi connectivity index (χ3v) is 9.23.